The van der Waals surface area contributed by atoms with Gasteiger partial charge in [0.05, 0.1) is 17.2 Å². The quantitative estimate of drug-likeness (QED) is 0.622. The van der Waals surface area contributed by atoms with Crippen molar-refractivity contribution in [3.63, 3.8) is 0 Å². The van der Waals surface area contributed by atoms with Crippen LogP contribution < -0.4 is 5.32 Å². The SMILES string of the molecule is CC(O)(CCCCCCO)C(=O)Nc1ccc(C#N)c(C(F)(F)F)c1. The maximum atomic E-state index is 12.9. The Morgan fingerprint density at radius 2 is 1.88 bits per heavy atom. The summed E-state index contributed by atoms with van der Waals surface area (Å²) in [5, 5.41) is 29.9. The molecule has 0 spiro atoms. The highest BCUT2D eigenvalue weighted by Gasteiger charge is 2.35. The fourth-order valence-corrected chi connectivity index (χ4v) is 2.27. The van der Waals surface area contributed by atoms with Crippen molar-refractivity contribution in [3.8, 4) is 6.07 Å². The first-order valence-corrected chi connectivity index (χ1v) is 7.88. The predicted octanol–water partition coefficient (Wildman–Crippen LogP) is 3.21. The summed E-state index contributed by atoms with van der Waals surface area (Å²) in [7, 11) is 0. The molecule has 0 aliphatic rings. The lowest BCUT2D eigenvalue weighted by Gasteiger charge is -2.22. The summed E-state index contributed by atoms with van der Waals surface area (Å²) < 4.78 is 38.8. The maximum Gasteiger partial charge on any atom is 0.417 e. The molecule has 1 aromatic rings. The van der Waals surface area contributed by atoms with Gasteiger partial charge in [-0.15, -0.1) is 0 Å². The van der Waals surface area contributed by atoms with Gasteiger partial charge in [0, 0.05) is 12.3 Å². The Bertz CT molecular complexity index is 637. The van der Waals surface area contributed by atoms with Crippen LogP contribution in [-0.4, -0.2) is 28.3 Å². The molecule has 1 rings (SSSR count). The highest BCUT2D eigenvalue weighted by atomic mass is 19.4. The Balaban J connectivity index is 2.77. The third kappa shape index (κ3) is 6.36. The molecule has 3 N–H and O–H groups in total. The van der Waals surface area contributed by atoms with Crippen molar-refractivity contribution in [2.45, 2.75) is 50.8 Å². The van der Waals surface area contributed by atoms with Gasteiger partial charge in [0.1, 0.15) is 5.60 Å². The van der Waals surface area contributed by atoms with E-state index >= 15 is 0 Å². The van der Waals surface area contributed by atoms with Gasteiger partial charge in [-0.3, -0.25) is 4.79 Å². The number of hydrogen-bond donors (Lipinski definition) is 3. The van der Waals surface area contributed by atoms with E-state index in [1.165, 1.54) is 19.1 Å². The average molecular weight is 358 g/mol. The molecule has 0 saturated heterocycles. The molecule has 8 heteroatoms. The van der Waals surface area contributed by atoms with Gasteiger partial charge >= 0.3 is 6.18 Å². The number of alkyl halides is 3. The molecule has 0 aromatic heterocycles. The van der Waals surface area contributed by atoms with Crippen LogP contribution in [0.4, 0.5) is 18.9 Å². The van der Waals surface area contributed by atoms with E-state index < -0.39 is 28.8 Å². The summed E-state index contributed by atoms with van der Waals surface area (Å²) in [6.45, 7) is 1.37. The summed E-state index contributed by atoms with van der Waals surface area (Å²) in [5.74, 6) is -0.813. The molecule has 0 radical (unpaired) electrons. The first-order valence-electron chi connectivity index (χ1n) is 7.88. The van der Waals surface area contributed by atoms with Crippen LogP contribution in [-0.2, 0) is 11.0 Å². The minimum absolute atomic E-state index is 0.0805. The van der Waals surface area contributed by atoms with Gasteiger partial charge < -0.3 is 15.5 Å². The summed E-state index contributed by atoms with van der Waals surface area (Å²) >= 11 is 0. The molecule has 1 aromatic carbocycles. The Kier molecular flexibility index (Phi) is 7.39. The van der Waals surface area contributed by atoms with Crippen LogP contribution in [0.2, 0.25) is 0 Å². The largest absolute Gasteiger partial charge is 0.417 e. The van der Waals surface area contributed by atoms with Crippen LogP contribution in [0, 0.1) is 11.3 Å². The monoisotopic (exact) mass is 358 g/mol. The maximum absolute atomic E-state index is 12.9. The number of benzene rings is 1. The zero-order chi connectivity index (χ0) is 19.1. The van der Waals surface area contributed by atoms with Crippen LogP contribution in [0.1, 0.15) is 50.2 Å². The van der Waals surface area contributed by atoms with Crippen molar-refractivity contribution in [2.75, 3.05) is 11.9 Å². The van der Waals surface area contributed by atoms with Crippen LogP contribution in [0.5, 0.6) is 0 Å². The van der Waals surface area contributed by atoms with Gasteiger partial charge in [0.15, 0.2) is 0 Å². The van der Waals surface area contributed by atoms with Crippen molar-refractivity contribution < 1.29 is 28.2 Å². The number of halogens is 3. The number of carbonyl (C=O) groups is 1. The number of nitrogens with one attached hydrogen (secondary N) is 1. The smallest absolute Gasteiger partial charge is 0.396 e. The molecule has 0 heterocycles. The lowest BCUT2D eigenvalue weighted by Crippen LogP contribution is -2.40. The topological polar surface area (TPSA) is 93.3 Å². The average Bonchev–Trinajstić information content (AvgIpc) is 2.53. The number of nitriles is 1. The van der Waals surface area contributed by atoms with Gasteiger partial charge in [-0.2, -0.15) is 18.4 Å². The van der Waals surface area contributed by atoms with E-state index in [-0.39, 0.29) is 18.7 Å². The van der Waals surface area contributed by atoms with E-state index in [4.69, 9.17) is 10.4 Å². The van der Waals surface area contributed by atoms with E-state index in [1.807, 2.05) is 0 Å². The van der Waals surface area contributed by atoms with Crippen LogP contribution >= 0.6 is 0 Å². The molecular weight excluding hydrogens is 337 g/mol. The van der Waals surface area contributed by atoms with Crippen molar-refractivity contribution in [1.29, 1.82) is 5.26 Å². The van der Waals surface area contributed by atoms with Gasteiger partial charge in [0.25, 0.3) is 5.91 Å². The van der Waals surface area contributed by atoms with Crippen molar-refractivity contribution >= 4 is 11.6 Å². The van der Waals surface area contributed by atoms with Crippen molar-refractivity contribution in [2.24, 2.45) is 0 Å². The summed E-state index contributed by atoms with van der Waals surface area (Å²) in [6, 6.07) is 4.29. The molecule has 25 heavy (non-hydrogen) atoms. The second kappa shape index (κ2) is 8.83. The molecule has 1 atom stereocenters. The van der Waals surface area contributed by atoms with E-state index in [1.54, 1.807) is 0 Å². The van der Waals surface area contributed by atoms with Crippen molar-refractivity contribution in [1.82, 2.24) is 0 Å². The fraction of sp³-hybridized carbons (Fsp3) is 0.529. The Labute approximate surface area is 144 Å². The molecule has 0 fully saturated rings. The number of unbranched alkanes of at least 4 members (excludes halogenated alkanes) is 3. The molecule has 138 valence electrons. The highest BCUT2D eigenvalue weighted by Crippen LogP contribution is 2.33. The summed E-state index contributed by atoms with van der Waals surface area (Å²) in [6.07, 6.45) is -1.91. The van der Waals surface area contributed by atoms with Gasteiger partial charge in [-0.05, 0) is 38.0 Å². The summed E-state index contributed by atoms with van der Waals surface area (Å²) in [4.78, 5) is 12.1. The third-order valence-electron chi connectivity index (χ3n) is 3.76. The molecule has 0 aliphatic carbocycles. The second-order valence-corrected chi connectivity index (χ2v) is 5.99. The first-order chi connectivity index (χ1) is 11.6. The third-order valence-corrected chi connectivity index (χ3v) is 3.76. The predicted molar refractivity (Wildman–Crippen MR) is 85.6 cm³/mol. The minimum atomic E-state index is -4.72. The molecule has 1 amide bonds. The molecule has 0 bridgehead atoms. The van der Waals surface area contributed by atoms with E-state index in [0.29, 0.717) is 18.9 Å². The van der Waals surface area contributed by atoms with Crippen molar-refractivity contribution in [3.05, 3.63) is 29.3 Å². The van der Waals surface area contributed by atoms with E-state index in [9.17, 15) is 23.1 Å². The number of aliphatic hydroxyl groups excluding tert-OH is 1. The molecule has 0 saturated carbocycles. The Hall–Kier alpha value is -2.11. The van der Waals surface area contributed by atoms with Crippen LogP contribution in [0.3, 0.4) is 0 Å². The number of aliphatic hydroxyl groups is 2. The standard InChI is InChI=1S/C17H21F3N2O3/c1-16(25,8-4-2-3-5-9-23)15(24)22-13-7-6-12(11-21)14(10-13)17(18,19)20/h6-7,10,23,25H,2-5,8-9H2,1H3,(H,22,24). The number of anilines is 1. The minimum Gasteiger partial charge on any atom is -0.396 e. The Morgan fingerprint density at radius 1 is 1.24 bits per heavy atom. The lowest BCUT2D eigenvalue weighted by atomic mass is 9.96. The van der Waals surface area contributed by atoms with E-state index in [2.05, 4.69) is 5.32 Å². The lowest BCUT2D eigenvalue weighted by molar-refractivity contribution is -0.138. The summed E-state index contributed by atoms with van der Waals surface area (Å²) in [5.41, 5.74) is -3.56. The van der Waals surface area contributed by atoms with Gasteiger partial charge in [-0.1, -0.05) is 19.3 Å². The molecule has 0 aliphatic heterocycles. The Morgan fingerprint density at radius 3 is 2.44 bits per heavy atom. The zero-order valence-corrected chi connectivity index (χ0v) is 13.9. The van der Waals surface area contributed by atoms with E-state index in [0.717, 1.165) is 18.9 Å². The molecule has 5 nitrogen and oxygen atoms in total. The van der Waals surface area contributed by atoms with Gasteiger partial charge in [-0.25, -0.2) is 0 Å². The number of nitrogens with zero attached hydrogens (tertiary/aromatic N) is 1. The van der Waals surface area contributed by atoms with Crippen LogP contribution in [0.15, 0.2) is 18.2 Å². The number of rotatable bonds is 8. The highest BCUT2D eigenvalue weighted by molar-refractivity contribution is 5.96. The fourth-order valence-electron chi connectivity index (χ4n) is 2.27. The number of hydrogen-bond acceptors (Lipinski definition) is 4. The van der Waals surface area contributed by atoms with Gasteiger partial charge in [0.2, 0.25) is 0 Å². The first kappa shape index (κ1) is 20.9. The van der Waals surface area contributed by atoms with Crippen LogP contribution in [0.25, 0.3) is 0 Å². The molecular formula is C17H21F3N2O3. The normalized spacial score (nSPS) is 13.8. The zero-order valence-electron chi connectivity index (χ0n) is 13.9. The number of carbonyl (C=O) groups excluding carboxylic acids is 1. The number of amides is 1. The molecule has 1 unspecified atom stereocenters. The second-order valence-electron chi connectivity index (χ2n) is 5.99.